The Morgan fingerprint density at radius 2 is 2.24 bits per heavy atom. The van der Waals surface area contributed by atoms with Crippen molar-refractivity contribution in [2.24, 2.45) is 5.92 Å². The van der Waals surface area contributed by atoms with E-state index in [1.165, 1.54) is 12.1 Å². The zero-order valence-corrected chi connectivity index (χ0v) is 12.3. The molecule has 3 N–H and O–H groups in total. The maximum atomic E-state index is 12.3. The molecule has 2 atom stereocenters. The Kier molecular flexibility index (Phi) is 4.45. The summed E-state index contributed by atoms with van der Waals surface area (Å²) in [4.78, 5) is 9.95. The fourth-order valence-electron chi connectivity index (χ4n) is 2.20. The molecule has 1 aliphatic heterocycles. The van der Waals surface area contributed by atoms with E-state index in [0.29, 0.717) is 13.2 Å². The third-order valence-corrected chi connectivity index (χ3v) is 5.08. The van der Waals surface area contributed by atoms with Crippen LogP contribution in [-0.2, 0) is 14.8 Å². The van der Waals surface area contributed by atoms with Gasteiger partial charge in [-0.3, -0.25) is 10.1 Å². The van der Waals surface area contributed by atoms with Crippen LogP contribution in [0.5, 0.6) is 0 Å². The van der Waals surface area contributed by atoms with Crippen molar-refractivity contribution in [1.29, 1.82) is 0 Å². The van der Waals surface area contributed by atoms with Gasteiger partial charge in [-0.25, -0.2) is 13.1 Å². The predicted molar refractivity (Wildman–Crippen MR) is 76.2 cm³/mol. The van der Waals surface area contributed by atoms with Crippen molar-refractivity contribution in [1.82, 2.24) is 4.72 Å². The highest BCUT2D eigenvalue weighted by atomic mass is 32.2. The molecule has 0 aliphatic carbocycles. The van der Waals surface area contributed by atoms with Crippen molar-refractivity contribution in [3.63, 3.8) is 0 Å². The second-order valence-corrected chi connectivity index (χ2v) is 6.73. The van der Waals surface area contributed by atoms with Crippen LogP contribution in [-0.4, -0.2) is 32.6 Å². The van der Waals surface area contributed by atoms with E-state index in [1.54, 1.807) is 6.92 Å². The number of nitro benzene ring substituents is 1. The first kappa shape index (κ1) is 15.7. The van der Waals surface area contributed by atoms with Crippen molar-refractivity contribution < 1.29 is 18.1 Å². The van der Waals surface area contributed by atoms with Crippen LogP contribution in [0.15, 0.2) is 23.1 Å². The molecule has 2 unspecified atom stereocenters. The van der Waals surface area contributed by atoms with Crippen molar-refractivity contribution in [3.8, 4) is 0 Å². The number of nitro groups is 1. The number of nitrogens with two attached hydrogens (primary N) is 1. The maximum absolute atomic E-state index is 12.3. The molecule has 9 heteroatoms. The maximum Gasteiger partial charge on any atom is 0.293 e. The molecule has 1 aromatic rings. The van der Waals surface area contributed by atoms with Gasteiger partial charge in [-0.05, 0) is 25.5 Å². The lowest BCUT2D eigenvalue weighted by atomic mass is 10.0. The fraction of sp³-hybridized carbons (Fsp3) is 0.500. The van der Waals surface area contributed by atoms with E-state index in [9.17, 15) is 18.5 Å². The van der Waals surface area contributed by atoms with Gasteiger partial charge < -0.3 is 10.5 Å². The molecule has 1 heterocycles. The summed E-state index contributed by atoms with van der Waals surface area (Å²) in [5, 5.41) is 10.8. The molecule has 116 valence electrons. The molecule has 1 fully saturated rings. The molecule has 1 aliphatic rings. The SMILES string of the molecule is CC(NS(=O)(=O)c1ccc(N)c([N+](=O)[O-])c1)C1CCOC1. The first-order valence-electron chi connectivity index (χ1n) is 6.45. The summed E-state index contributed by atoms with van der Waals surface area (Å²) in [6.45, 7) is 2.87. The van der Waals surface area contributed by atoms with Crippen LogP contribution in [0.1, 0.15) is 13.3 Å². The van der Waals surface area contributed by atoms with Gasteiger partial charge in [0, 0.05) is 24.6 Å². The molecule has 1 saturated heterocycles. The first-order valence-corrected chi connectivity index (χ1v) is 7.93. The highest BCUT2D eigenvalue weighted by molar-refractivity contribution is 7.89. The van der Waals surface area contributed by atoms with Crippen LogP contribution in [0, 0.1) is 16.0 Å². The standard InChI is InChI=1S/C12H17N3O5S/c1-8(9-4-5-20-7-9)14-21(18,19)10-2-3-11(13)12(6-10)15(16)17/h2-3,6,8-9,14H,4-5,7,13H2,1H3. The monoisotopic (exact) mass is 315 g/mol. The van der Waals surface area contributed by atoms with Crippen LogP contribution < -0.4 is 10.5 Å². The molecule has 8 nitrogen and oxygen atoms in total. The summed E-state index contributed by atoms with van der Waals surface area (Å²) < 4.78 is 32.3. The summed E-state index contributed by atoms with van der Waals surface area (Å²) in [5.41, 5.74) is 4.97. The van der Waals surface area contributed by atoms with Crippen LogP contribution in [0.25, 0.3) is 0 Å². The topological polar surface area (TPSA) is 125 Å². The molecule has 1 aromatic carbocycles. The van der Waals surface area contributed by atoms with Gasteiger partial charge in [-0.1, -0.05) is 0 Å². The summed E-state index contributed by atoms with van der Waals surface area (Å²) in [6, 6.07) is 3.13. The normalized spacial score (nSPS) is 20.3. The summed E-state index contributed by atoms with van der Waals surface area (Å²) >= 11 is 0. The molecule has 0 aromatic heterocycles. The summed E-state index contributed by atoms with van der Waals surface area (Å²) in [5.74, 6) is 0.101. The quantitative estimate of drug-likeness (QED) is 0.472. The first-order chi connectivity index (χ1) is 9.81. The van der Waals surface area contributed by atoms with E-state index < -0.39 is 20.6 Å². The average molecular weight is 315 g/mol. The zero-order chi connectivity index (χ0) is 15.6. The van der Waals surface area contributed by atoms with E-state index in [-0.39, 0.29) is 22.5 Å². The Morgan fingerprint density at radius 1 is 1.52 bits per heavy atom. The van der Waals surface area contributed by atoms with Gasteiger partial charge in [-0.15, -0.1) is 0 Å². The third kappa shape index (κ3) is 3.49. The Bertz CT molecular complexity index is 640. The number of ether oxygens (including phenoxy) is 1. The van der Waals surface area contributed by atoms with E-state index in [0.717, 1.165) is 12.5 Å². The second-order valence-electron chi connectivity index (χ2n) is 5.01. The van der Waals surface area contributed by atoms with Crippen molar-refractivity contribution in [2.45, 2.75) is 24.3 Å². The smallest absolute Gasteiger partial charge is 0.293 e. The van der Waals surface area contributed by atoms with E-state index >= 15 is 0 Å². The van der Waals surface area contributed by atoms with Crippen LogP contribution in [0.4, 0.5) is 11.4 Å². The molecule has 21 heavy (non-hydrogen) atoms. The molecule has 2 rings (SSSR count). The molecule has 0 bridgehead atoms. The number of benzene rings is 1. The van der Waals surface area contributed by atoms with Crippen LogP contribution in [0.2, 0.25) is 0 Å². The average Bonchev–Trinajstić information content (AvgIpc) is 2.92. The minimum absolute atomic E-state index is 0.0730. The van der Waals surface area contributed by atoms with Crippen molar-refractivity contribution >= 4 is 21.4 Å². The number of rotatable bonds is 5. The lowest BCUT2D eigenvalue weighted by molar-refractivity contribution is -0.384. The van der Waals surface area contributed by atoms with E-state index in [1.807, 2.05) is 0 Å². The van der Waals surface area contributed by atoms with Crippen LogP contribution in [0.3, 0.4) is 0 Å². The molecule has 0 spiro atoms. The summed E-state index contributed by atoms with van der Waals surface area (Å²) in [6.07, 6.45) is 0.783. The number of nitrogens with zero attached hydrogens (tertiary/aromatic N) is 1. The Labute approximate surface area is 122 Å². The van der Waals surface area contributed by atoms with E-state index in [2.05, 4.69) is 4.72 Å². The van der Waals surface area contributed by atoms with Gasteiger partial charge in [0.05, 0.1) is 16.4 Å². The van der Waals surface area contributed by atoms with Gasteiger partial charge in [-0.2, -0.15) is 0 Å². The highest BCUT2D eigenvalue weighted by Gasteiger charge is 2.28. The minimum atomic E-state index is -3.84. The highest BCUT2D eigenvalue weighted by Crippen LogP contribution is 2.25. The Morgan fingerprint density at radius 3 is 2.81 bits per heavy atom. The largest absolute Gasteiger partial charge is 0.393 e. The second kappa shape index (κ2) is 5.96. The molecule has 0 amide bonds. The zero-order valence-electron chi connectivity index (χ0n) is 11.5. The lowest BCUT2D eigenvalue weighted by Gasteiger charge is -2.19. The molecule has 0 radical (unpaired) electrons. The Hall–Kier alpha value is -1.71. The van der Waals surface area contributed by atoms with Gasteiger partial charge in [0.25, 0.3) is 5.69 Å². The molecular weight excluding hydrogens is 298 g/mol. The third-order valence-electron chi connectivity index (χ3n) is 3.52. The van der Waals surface area contributed by atoms with Gasteiger partial charge in [0.1, 0.15) is 5.69 Å². The number of hydrogen-bond donors (Lipinski definition) is 2. The van der Waals surface area contributed by atoms with Gasteiger partial charge in [0.15, 0.2) is 0 Å². The van der Waals surface area contributed by atoms with Gasteiger partial charge >= 0.3 is 0 Å². The van der Waals surface area contributed by atoms with Gasteiger partial charge in [0.2, 0.25) is 10.0 Å². The van der Waals surface area contributed by atoms with Crippen LogP contribution >= 0.6 is 0 Å². The van der Waals surface area contributed by atoms with E-state index in [4.69, 9.17) is 10.5 Å². The fourth-order valence-corrected chi connectivity index (χ4v) is 3.54. The number of nitrogen functional groups attached to an aromatic ring is 1. The van der Waals surface area contributed by atoms with Crippen molar-refractivity contribution in [2.75, 3.05) is 18.9 Å². The number of anilines is 1. The number of nitrogens with one attached hydrogen (secondary N) is 1. The Balaban J connectivity index is 2.23. The number of hydrogen-bond acceptors (Lipinski definition) is 6. The molecular formula is C12H17N3O5S. The summed E-state index contributed by atoms with van der Waals surface area (Å²) in [7, 11) is -3.84. The minimum Gasteiger partial charge on any atom is -0.393 e. The lowest BCUT2D eigenvalue weighted by Crippen LogP contribution is -2.38. The van der Waals surface area contributed by atoms with Crippen molar-refractivity contribution in [3.05, 3.63) is 28.3 Å². The predicted octanol–water partition coefficient (Wildman–Crippen LogP) is 0.880. The molecule has 0 saturated carbocycles. The number of sulfonamides is 1.